The maximum Gasteiger partial charge on any atom is 0.345 e. The molecule has 0 radical (unpaired) electrons. The van der Waals surface area contributed by atoms with Crippen molar-refractivity contribution in [1.82, 2.24) is 19.1 Å². The zero-order chi connectivity index (χ0) is 26.4. The van der Waals surface area contributed by atoms with Gasteiger partial charge in [0.25, 0.3) is 5.56 Å². The number of pyridine rings is 1. The van der Waals surface area contributed by atoms with Gasteiger partial charge < -0.3 is 19.0 Å². The first-order valence-electron chi connectivity index (χ1n) is 11.0. The fraction of sp³-hybridized carbons (Fsp3) is 0.174. The van der Waals surface area contributed by atoms with Crippen LogP contribution in [-0.4, -0.2) is 37.2 Å². The van der Waals surface area contributed by atoms with Crippen LogP contribution in [0.25, 0.3) is 22.4 Å². The summed E-state index contributed by atoms with van der Waals surface area (Å²) in [4.78, 5) is 32.6. The second-order valence-corrected chi connectivity index (χ2v) is 11.2. The normalized spacial score (nSPS) is 14.8. The first kappa shape index (κ1) is 25.8. The first-order chi connectivity index (χ1) is 17.6. The Morgan fingerprint density at radius 1 is 1.24 bits per heavy atom. The minimum Gasteiger partial charge on any atom is -0.477 e. The second kappa shape index (κ2) is 10.1. The fourth-order valence-electron chi connectivity index (χ4n) is 4.50. The topological polar surface area (TPSA) is 146 Å². The number of nitrogens with zero attached hydrogens (tertiary/aromatic N) is 4. The SMILES string of the molecule is CN(SN(N)N)c1ccc(Cl)cc1-c1cc2n(c(=O)c1)[C@H](c1nc(-c3csc(C(=O)O)c3)c(Cl)[nH]1)CC2. The molecule has 1 aromatic carbocycles. The number of benzene rings is 1. The van der Waals surface area contributed by atoms with Crippen molar-refractivity contribution in [2.75, 3.05) is 11.4 Å². The number of thiophene rings is 1. The quantitative estimate of drug-likeness (QED) is 0.141. The highest BCUT2D eigenvalue weighted by Crippen LogP contribution is 2.38. The molecule has 6 N–H and O–H groups in total. The number of imidazole rings is 1. The molecular formula is C23H21Cl2N7O3S2. The molecule has 14 heteroatoms. The summed E-state index contributed by atoms with van der Waals surface area (Å²) in [5.74, 6) is 10.7. The molecule has 1 aliphatic rings. The minimum atomic E-state index is -1.01. The molecule has 0 bridgehead atoms. The number of aromatic carboxylic acids is 1. The predicted molar refractivity (Wildman–Crippen MR) is 148 cm³/mol. The van der Waals surface area contributed by atoms with Crippen molar-refractivity contribution >= 4 is 58.3 Å². The number of nitrogens with one attached hydrogen (secondary N) is 1. The third kappa shape index (κ3) is 5.01. The van der Waals surface area contributed by atoms with E-state index in [1.807, 2.05) is 19.2 Å². The highest BCUT2D eigenvalue weighted by Gasteiger charge is 2.29. The summed E-state index contributed by atoms with van der Waals surface area (Å²) in [6.45, 7) is 0. The Labute approximate surface area is 229 Å². The van der Waals surface area contributed by atoms with E-state index in [1.54, 1.807) is 32.5 Å². The van der Waals surface area contributed by atoms with Gasteiger partial charge in [-0.15, -0.1) is 15.9 Å². The third-order valence-electron chi connectivity index (χ3n) is 6.04. The number of aromatic nitrogens is 3. The number of hydrogen-bond acceptors (Lipinski definition) is 9. The predicted octanol–water partition coefficient (Wildman–Crippen LogP) is 4.56. The summed E-state index contributed by atoms with van der Waals surface area (Å²) in [7, 11) is 1.81. The Hall–Kier alpha value is -2.84. The van der Waals surface area contributed by atoms with Crippen LogP contribution in [0.15, 0.2) is 46.6 Å². The van der Waals surface area contributed by atoms with Crippen molar-refractivity contribution in [2.45, 2.75) is 18.9 Å². The molecule has 1 atom stereocenters. The number of nitrogens with two attached hydrogens (primary N) is 2. The standard InChI is InChI=1S/C23H21Cl2N7O3S2/c1-30(37-32(26)27)16-4-2-13(24)9-15(16)11-6-14-3-5-17(31(14)19(33)8-11)22-28-20(21(25)29-22)12-7-18(23(34)35)36-10-12/h2,4,6-10,17H,3,5,26-27H2,1H3,(H,28,29)(H,34,35)/t17-/m0/s1. The maximum absolute atomic E-state index is 13.4. The molecule has 0 spiro atoms. The smallest absolute Gasteiger partial charge is 0.345 e. The largest absolute Gasteiger partial charge is 0.477 e. The van der Waals surface area contributed by atoms with Gasteiger partial charge in [0.2, 0.25) is 0 Å². The lowest BCUT2D eigenvalue weighted by Gasteiger charge is -2.23. The molecule has 0 amide bonds. The monoisotopic (exact) mass is 577 g/mol. The number of fused-ring (bicyclic) bond motifs is 1. The van der Waals surface area contributed by atoms with Crippen LogP contribution in [0.2, 0.25) is 10.2 Å². The number of carbonyl (C=O) groups is 1. The van der Waals surface area contributed by atoms with E-state index >= 15 is 0 Å². The highest BCUT2D eigenvalue weighted by atomic mass is 35.5. The van der Waals surface area contributed by atoms with Gasteiger partial charge in [-0.2, -0.15) is 0 Å². The number of carboxylic acid groups (broad SMARTS) is 1. The molecule has 4 heterocycles. The van der Waals surface area contributed by atoms with Crippen molar-refractivity contribution < 1.29 is 9.90 Å². The molecule has 3 aromatic heterocycles. The number of aryl methyl sites for hydroxylation is 1. The Morgan fingerprint density at radius 3 is 2.73 bits per heavy atom. The van der Waals surface area contributed by atoms with E-state index in [-0.39, 0.29) is 16.5 Å². The van der Waals surface area contributed by atoms with Gasteiger partial charge in [-0.05, 0) is 48.7 Å². The van der Waals surface area contributed by atoms with E-state index in [9.17, 15) is 14.7 Å². The number of rotatable bonds is 7. The lowest BCUT2D eigenvalue weighted by atomic mass is 10.0. The summed E-state index contributed by atoms with van der Waals surface area (Å²) in [6, 6.07) is 10.1. The third-order valence-corrected chi connectivity index (χ3v) is 8.09. The van der Waals surface area contributed by atoms with Crippen molar-refractivity contribution in [3.63, 3.8) is 0 Å². The summed E-state index contributed by atoms with van der Waals surface area (Å²) in [5, 5.41) is 11.7. The van der Waals surface area contributed by atoms with Crippen molar-refractivity contribution in [3.05, 3.63) is 78.7 Å². The molecule has 192 valence electrons. The Bertz CT molecular complexity index is 1570. The minimum absolute atomic E-state index is 0.187. The average Bonchev–Trinajstić information content (AvgIpc) is 3.56. The van der Waals surface area contributed by atoms with Crippen LogP contribution < -0.4 is 21.5 Å². The number of carboxylic acids is 1. The van der Waals surface area contributed by atoms with E-state index in [0.29, 0.717) is 40.1 Å². The highest BCUT2D eigenvalue weighted by molar-refractivity contribution is 7.98. The van der Waals surface area contributed by atoms with Gasteiger partial charge >= 0.3 is 5.97 Å². The Morgan fingerprint density at radius 2 is 2.03 bits per heavy atom. The van der Waals surface area contributed by atoms with Crippen LogP contribution >= 0.6 is 46.7 Å². The number of aromatic amines is 1. The molecule has 0 saturated carbocycles. The van der Waals surface area contributed by atoms with Crippen LogP contribution in [0.1, 0.15) is 33.7 Å². The summed E-state index contributed by atoms with van der Waals surface area (Å²) >= 11 is 14.9. The van der Waals surface area contributed by atoms with Gasteiger partial charge in [0.05, 0.1) is 23.9 Å². The van der Waals surface area contributed by atoms with Gasteiger partial charge in [-0.25, -0.2) is 21.5 Å². The van der Waals surface area contributed by atoms with Crippen molar-refractivity contribution in [2.24, 2.45) is 11.7 Å². The molecular weight excluding hydrogens is 557 g/mol. The van der Waals surface area contributed by atoms with Gasteiger partial charge in [0.15, 0.2) is 0 Å². The zero-order valence-electron chi connectivity index (χ0n) is 19.3. The van der Waals surface area contributed by atoms with Gasteiger partial charge in [-0.1, -0.05) is 23.2 Å². The van der Waals surface area contributed by atoms with E-state index in [0.717, 1.165) is 50.5 Å². The molecule has 0 saturated heterocycles. The maximum atomic E-state index is 13.4. The van der Waals surface area contributed by atoms with E-state index in [2.05, 4.69) is 9.97 Å². The van der Waals surface area contributed by atoms with Gasteiger partial charge in [0.1, 0.15) is 21.5 Å². The van der Waals surface area contributed by atoms with Gasteiger partial charge in [-0.3, -0.25) is 4.79 Å². The summed E-state index contributed by atoms with van der Waals surface area (Å²) in [6.07, 6.45) is 1.31. The number of hydrogen-bond donors (Lipinski definition) is 4. The molecule has 4 aromatic rings. The van der Waals surface area contributed by atoms with E-state index < -0.39 is 5.97 Å². The summed E-state index contributed by atoms with van der Waals surface area (Å²) < 4.78 is 4.48. The molecule has 10 nitrogen and oxygen atoms in total. The second-order valence-electron chi connectivity index (χ2n) is 8.39. The average molecular weight is 579 g/mol. The number of anilines is 1. The Balaban J connectivity index is 1.51. The van der Waals surface area contributed by atoms with Crippen LogP contribution in [0, 0.1) is 0 Å². The fourth-order valence-corrected chi connectivity index (χ4v) is 6.18. The van der Waals surface area contributed by atoms with E-state index in [4.69, 9.17) is 34.9 Å². The van der Waals surface area contributed by atoms with E-state index in [1.165, 1.54) is 6.07 Å². The molecule has 0 aliphatic carbocycles. The van der Waals surface area contributed by atoms with Gasteiger partial charge in [0, 0.05) is 40.3 Å². The number of halogens is 2. The van der Waals surface area contributed by atoms with Crippen LogP contribution in [-0.2, 0) is 6.42 Å². The first-order valence-corrected chi connectivity index (χ1v) is 13.3. The van der Waals surface area contributed by atoms with Crippen LogP contribution in [0.4, 0.5) is 5.69 Å². The summed E-state index contributed by atoms with van der Waals surface area (Å²) in [5.41, 5.74) is 4.01. The Kier molecular flexibility index (Phi) is 7.07. The van der Waals surface area contributed by atoms with Crippen LogP contribution in [0.3, 0.4) is 0 Å². The zero-order valence-corrected chi connectivity index (χ0v) is 22.5. The molecule has 0 fully saturated rings. The molecule has 37 heavy (non-hydrogen) atoms. The molecule has 5 rings (SSSR count). The number of H-pyrrole nitrogens is 1. The van der Waals surface area contributed by atoms with Crippen molar-refractivity contribution in [1.29, 1.82) is 0 Å². The number of hydrazine groups is 2. The van der Waals surface area contributed by atoms with Crippen molar-refractivity contribution in [3.8, 4) is 22.4 Å². The molecule has 0 unspecified atom stereocenters. The lowest BCUT2D eigenvalue weighted by Crippen LogP contribution is -2.34. The lowest BCUT2D eigenvalue weighted by molar-refractivity contribution is 0.0702. The van der Waals surface area contributed by atoms with Crippen LogP contribution in [0.5, 0.6) is 0 Å². The molecule has 1 aliphatic heterocycles.